The van der Waals surface area contributed by atoms with Crippen molar-refractivity contribution in [2.45, 2.75) is 0 Å². The van der Waals surface area contributed by atoms with Crippen LogP contribution in [0.5, 0.6) is 0 Å². The lowest BCUT2D eigenvalue weighted by molar-refractivity contribution is -0.105. The number of rotatable bonds is 4. The second kappa shape index (κ2) is 5.94. The van der Waals surface area contributed by atoms with Crippen molar-refractivity contribution in [3.8, 4) is 11.3 Å². The zero-order chi connectivity index (χ0) is 17.6. The SMILES string of the molecule is CNc1c(F)c(Cl)c(-c2ccc3nc(NC=O)sc3n2)c2cn[nH]c12. The molecule has 0 fully saturated rings. The summed E-state index contributed by atoms with van der Waals surface area (Å²) in [5, 5.41) is 13.1. The maximum absolute atomic E-state index is 14.6. The third-order valence-corrected chi connectivity index (χ3v) is 4.99. The zero-order valence-corrected chi connectivity index (χ0v) is 14.3. The summed E-state index contributed by atoms with van der Waals surface area (Å²) >= 11 is 7.50. The van der Waals surface area contributed by atoms with Gasteiger partial charge in [-0.15, -0.1) is 0 Å². The minimum atomic E-state index is -0.578. The second-order valence-corrected chi connectivity index (χ2v) is 6.44. The van der Waals surface area contributed by atoms with Gasteiger partial charge in [0.05, 0.1) is 28.1 Å². The predicted molar refractivity (Wildman–Crippen MR) is 96.7 cm³/mol. The lowest BCUT2D eigenvalue weighted by Crippen LogP contribution is -1.98. The largest absolute Gasteiger partial charge is 0.384 e. The molecule has 0 saturated heterocycles. The minimum Gasteiger partial charge on any atom is -0.384 e. The van der Waals surface area contributed by atoms with Crippen molar-refractivity contribution in [1.29, 1.82) is 0 Å². The molecule has 3 heterocycles. The normalized spacial score (nSPS) is 11.2. The number of fused-ring (bicyclic) bond motifs is 2. The smallest absolute Gasteiger partial charge is 0.213 e. The van der Waals surface area contributed by atoms with Gasteiger partial charge in [-0.1, -0.05) is 22.9 Å². The van der Waals surface area contributed by atoms with E-state index in [4.69, 9.17) is 11.6 Å². The number of H-pyrrole nitrogens is 1. The van der Waals surface area contributed by atoms with Crippen LogP contribution in [0.1, 0.15) is 0 Å². The highest BCUT2D eigenvalue weighted by molar-refractivity contribution is 7.21. The van der Waals surface area contributed by atoms with E-state index in [9.17, 15) is 9.18 Å². The van der Waals surface area contributed by atoms with Crippen molar-refractivity contribution in [2.75, 3.05) is 17.7 Å². The lowest BCUT2D eigenvalue weighted by Gasteiger charge is -2.11. The number of pyridine rings is 1. The van der Waals surface area contributed by atoms with Gasteiger partial charge < -0.3 is 10.6 Å². The number of nitrogens with one attached hydrogen (secondary N) is 3. The Kier molecular flexibility index (Phi) is 3.74. The van der Waals surface area contributed by atoms with Gasteiger partial charge in [-0.3, -0.25) is 9.89 Å². The molecule has 4 rings (SSSR count). The Morgan fingerprint density at radius 3 is 2.96 bits per heavy atom. The van der Waals surface area contributed by atoms with Crippen LogP contribution in [0.25, 0.3) is 32.5 Å². The molecule has 0 bridgehead atoms. The highest BCUT2D eigenvalue weighted by Gasteiger charge is 2.21. The van der Waals surface area contributed by atoms with Gasteiger partial charge in [0.1, 0.15) is 10.3 Å². The highest BCUT2D eigenvalue weighted by atomic mass is 35.5. The summed E-state index contributed by atoms with van der Waals surface area (Å²) in [6.45, 7) is 0. The van der Waals surface area contributed by atoms with E-state index in [0.29, 0.717) is 44.0 Å². The number of hydrogen-bond donors (Lipinski definition) is 3. The molecule has 0 saturated carbocycles. The van der Waals surface area contributed by atoms with Gasteiger partial charge in [0.15, 0.2) is 10.9 Å². The third kappa shape index (κ3) is 2.39. The Bertz CT molecular complexity index is 1120. The molecule has 25 heavy (non-hydrogen) atoms. The molecule has 3 aromatic heterocycles. The zero-order valence-electron chi connectivity index (χ0n) is 12.7. The molecule has 0 spiro atoms. The average molecular weight is 377 g/mol. The van der Waals surface area contributed by atoms with Gasteiger partial charge in [-0.2, -0.15) is 5.10 Å². The van der Waals surface area contributed by atoms with E-state index in [2.05, 4.69) is 30.8 Å². The summed E-state index contributed by atoms with van der Waals surface area (Å²) in [6, 6.07) is 3.45. The lowest BCUT2D eigenvalue weighted by atomic mass is 10.0. The molecule has 10 heteroatoms. The van der Waals surface area contributed by atoms with Crippen LogP contribution in [-0.2, 0) is 4.79 Å². The van der Waals surface area contributed by atoms with Gasteiger partial charge in [-0.05, 0) is 12.1 Å². The summed E-state index contributed by atoms with van der Waals surface area (Å²) in [4.78, 5) is 19.9. The Hall–Kier alpha value is -2.78. The molecule has 1 aromatic carbocycles. The van der Waals surface area contributed by atoms with Crippen LogP contribution in [-0.4, -0.2) is 33.6 Å². The number of nitrogens with zero attached hydrogens (tertiary/aromatic N) is 3. The summed E-state index contributed by atoms with van der Waals surface area (Å²) in [5.41, 5.74) is 2.32. The summed E-state index contributed by atoms with van der Waals surface area (Å²) < 4.78 is 14.6. The van der Waals surface area contributed by atoms with Crippen molar-refractivity contribution in [3.63, 3.8) is 0 Å². The number of amides is 1. The maximum atomic E-state index is 14.6. The monoisotopic (exact) mass is 376 g/mol. The van der Waals surface area contributed by atoms with Crippen LogP contribution >= 0.6 is 22.9 Å². The van der Waals surface area contributed by atoms with Crippen molar-refractivity contribution < 1.29 is 9.18 Å². The summed E-state index contributed by atoms with van der Waals surface area (Å²) in [5.74, 6) is -0.578. The number of anilines is 2. The first-order valence-electron chi connectivity index (χ1n) is 7.14. The number of aromatic amines is 1. The van der Waals surface area contributed by atoms with Crippen LogP contribution in [0.15, 0.2) is 18.3 Å². The Balaban J connectivity index is 1.98. The van der Waals surface area contributed by atoms with Crippen molar-refractivity contribution in [1.82, 2.24) is 20.2 Å². The van der Waals surface area contributed by atoms with E-state index in [-0.39, 0.29) is 10.7 Å². The predicted octanol–water partition coefficient (Wildman–Crippen LogP) is 3.64. The Morgan fingerprint density at radius 1 is 1.36 bits per heavy atom. The number of halogens is 2. The van der Waals surface area contributed by atoms with E-state index in [1.165, 1.54) is 11.3 Å². The molecular formula is C15H10ClFN6OS. The van der Waals surface area contributed by atoms with E-state index in [1.54, 1.807) is 25.4 Å². The van der Waals surface area contributed by atoms with Crippen LogP contribution < -0.4 is 10.6 Å². The molecule has 0 atom stereocenters. The molecule has 0 radical (unpaired) electrons. The third-order valence-electron chi connectivity index (χ3n) is 3.73. The van der Waals surface area contributed by atoms with Crippen LogP contribution in [0.4, 0.5) is 15.2 Å². The van der Waals surface area contributed by atoms with Crippen molar-refractivity contribution >= 4 is 61.4 Å². The molecule has 0 aliphatic heterocycles. The molecular weight excluding hydrogens is 367 g/mol. The standard InChI is InChI=1S/C15H10ClFN6OS/c1-18-13-11(17)10(16)9(6-4-20-23-12(6)13)7-2-3-8-14(21-7)25-15(22-8)19-5-24/h2-5,18H,1H3,(H,20,23)(H,19,22,24). The van der Waals surface area contributed by atoms with Gasteiger partial charge in [0.25, 0.3) is 0 Å². The first kappa shape index (κ1) is 15.7. The molecule has 4 aromatic rings. The number of thiazole rings is 1. The molecule has 0 aliphatic rings. The number of hydrogen-bond acceptors (Lipinski definition) is 6. The number of carbonyl (C=O) groups excluding carboxylic acids is 1. The fourth-order valence-corrected chi connectivity index (χ4v) is 3.76. The molecule has 3 N–H and O–H groups in total. The highest BCUT2D eigenvalue weighted by Crippen LogP contribution is 2.41. The van der Waals surface area contributed by atoms with E-state index in [0.717, 1.165) is 0 Å². The van der Waals surface area contributed by atoms with Crippen LogP contribution in [0.2, 0.25) is 5.02 Å². The minimum absolute atomic E-state index is 0.0409. The van der Waals surface area contributed by atoms with E-state index < -0.39 is 5.82 Å². The Morgan fingerprint density at radius 2 is 2.20 bits per heavy atom. The molecule has 1 amide bonds. The Labute approximate surface area is 149 Å². The van der Waals surface area contributed by atoms with Crippen LogP contribution in [0.3, 0.4) is 0 Å². The van der Waals surface area contributed by atoms with Crippen molar-refractivity contribution in [2.24, 2.45) is 0 Å². The number of benzene rings is 1. The maximum Gasteiger partial charge on any atom is 0.213 e. The molecule has 0 aliphatic carbocycles. The molecule has 7 nitrogen and oxygen atoms in total. The fraction of sp³-hybridized carbons (Fsp3) is 0.0667. The van der Waals surface area contributed by atoms with Gasteiger partial charge in [0, 0.05) is 18.0 Å². The quantitative estimate of drug-likeness (QED) is 0.472. The van der Waals surface area contributed by atoms with Crippen LogP contribution in [0, 0.1) is 5.82 Å². The van der Waals surface area contributed by atoms with E-state index in [1.807, 2.05) is 0 Å². The topological polar surface area (TPSA) is 95.6 Å². The van der Waals surface area contributed by atoms with Gasteiger partial charge in [0.2, 0.25) is 6.41 Å². The molecule has 0 unspecified atom stereocenters. The first-order chi connectivity index (χ1) is 12.1. The number of aromatic nitrogens is 4. The number of carbonyl (C=O) groups is 1. The summed E-state index contributed by atoms with van der Waals surface area (Å²) in [7, 11) is 1.61. The van der Waals surface area contributed by atoms with E-state index >= 15 is 0 Å². The van der Waals surface area contributed by atoms with Gasteiger partial charge in [-0.25, -0.2) is 14.4 Å². The summed E-state index contributed by atoms with van der Waals surface area (Å²) in [6.07, 6.45) is 2.13. The first-order valence-corrected chi connectivity index (χ1v) is 8.33. The molecule has 126 valence electrons. The second-order valence-electron chi connectivity index (χ2n) is 5.09. The van der Waals surface area contributed by atoms with Gasteiger partial charge >= 0.3 is 0 Å². The fourth-order valence-electron chi connectivity index (χ4n) is 2.67. The average Bonchev–Trinajstić information content (AvgIpc) is 3.22. The van der Waals surface area contributed by atoms with Crippen molar-refractivity contribution in [3.05, 3.63) is 29.2 Å².